The number of anilines is 1. The third-order valence-corrected chi connectivity index (χ3v) is 3.22. The van der Waals surface area contributed by atoms with Crippen molar-refractivity contribution in [3.63, 3.8) is 0 Å². The Bertz CT molecular complexity index is 713. The van der Waals surface area contributed by atoms with Crippen LogP contribution in [0.1, 0.15) is 15.9 Å². The summed E-state index contributed by atoms with van der Waals surface area (Å²) < 4.78 is 5.25. The lowest BCUT2D eigenvalue weighted by Crippen LogP contribution is -2.23. The predicted molar refractivity (Wildman–Crippen MR) is 91.8 cm³/mol. The molecule has 0 saturated carbocycles. The number of methoxy groups -OCH3 is 1. The van der Waals surface area contributed by atoms with E-state index in [1.807, 2.05) is 36.4 Å². The molecule has 0 bridgehead atoms. The van der Waals surface area contributed by atoms with Crippen LogP contribution in [-0.2, 0) is 6.54 Å². The number of nitrogens with one attached hydrogen (secondary N) is 2. The Labute approximate surface area is 135 Å². The molecular formula is C17H20N4O2. The third-order valence-electron chi connectivity index (χ3n) is 3.22. The standard InChI is InChI=1S/C17H20N4O2/c1-19-16(22)13-7-5-6-12(10-13)11-20-17(18)21-14-8-3-4-9-15(14)23-2/h3-10H,11H2,1-2H3,(H,19,22)(H3,18,20,21). The Kier molecular flexibility index (Phi) is 5.57. The predicted octanol–water partition coefficient (Wildman–Crippen LogP) is 1.98. The summed E-state index contributed by atoms with van der Waals surface area (Å²) in [5.41, 5.74) is 8.14. The van der Waals surface area contributed by atoms with Crippen molar-refractivity contribution in [1.29, 1.82) is 0 Å². The molecule has 0 saturated heterocycles. The maximum atomic E-state index is 11.6. The molecule has 0 unspecified atom stereocenters. The number of aliphatic imine (C=N–C) groups is 1. The highest BCUT2D eigenvalue weighted by Gasteiger charge is 2.04. The summed E-state index contributed by atoms with van der Waals surface area (Å²) in [4.78, 5) is 15.9. The summed E-state index contributed by atoms with van der Waals surface area (Å²) in [7, 11) is 3.19. The maximum absolute atomic E-state index is 11.6. The van der Waals surface area contributed by atoms with E-state index in [0.29, 0.717) is 17.9 Å². The quantitative estimate of drug-likeness (QED) is 0.582. The maximum Gasteiger partial charge on any atom is 0.251 e. The van der Waals surface area contributed by atoms with Gasteiger partial charge in [-0.1, -0.05) is 24.3 Å². The first-order valence-corrected chi connectivity index (χ1v) is 7.15. The van der Waals surface area contributed by atoms with E-state index in [2.05, 4.69) is 15.6 Å². The SMILES string of the molecule is CNC(=O)c1cccc(CN=C(N)Nc2ccccc2OC)c1. The second-order valence-corrected chi connectivity index (χ2v) is 4.81. The molecule has 23 heavy (non-hydrogen) atoms. The molecule has 4 N–H and O–H groups in total. The average Bonchev–Trinajstić information content (AvgIpc) is 2.60. The number of benzene rings is 2. The van der Waals surface area contributed by atoms with Gasteiger partial charge in [0.25, 0.3) is 5.91 Å². The first-order valence-electron chi connectivity index (χ1n) is 7.15. The minimum atomic E-state index is -0.129. The zero-order valence-corrected chi connectivity index (χ0v) is 13.2. The van der Waals surface area contributed by atoms with Crippen molar-refractivity contribution in [2.75, 3.05) is 19.5 Å². The summed E-state index contributed by atoms with van der Waals surface area (Å²) in [6, 6.07) is 14.7. The van der Waals surface area contributed by atoms with Crippen LogP contribution in [0.25, 0.3) is 0 Å². The highest BCUT2D eigenvalue weighted by molar-refractivity contribution is 5.94. The molecule has 0 spiro atoms. The van der Waals surface area contributed by atoms with E-state index in [4.69, 9.17) is 10.5 Å². The van der Waals surface area contributed by atoms with E-state index >= 15 is 0 Å². The lowest BCUT2D eigenvalue weighted by molar-refractivity contribution is 0.0963. The molecular weight excluding hydrogens is 292 g/mol. The van der Waals surface area contributed by atoms with Gasteiger partial charge in [-0.2, -0.15) is 0 Å². The molecule has 6 nitrogen and oxygen atoms in total. The van der Waals surface area contributed by atoms with Crippen LogP contribution < -0.4 is 21.1 Å². The molecule has 2 aromatic carbocycles. The summed E-state index contributed by atoms with van der Waals surface area (Å²) in [6.07, 6.45) is 0. The van der Waals surface area contributed by atoms with Crippen LogP contribution in [0.4, 0.5) is 5.69 Å². The first kappa shape index (κ1) is 16.4. The van der Waals surface area contributed by atoms with Crippen molar-refractivity contribution in [3.05, 3.63) is 59.7 Å². The molecule has 0 fully saturated rings. The normalized spacial score (nSPS) is 11.0. The van der Waals surface area contributed by atoms with Crippen LogP contribution in [0, 0.1) is 0 Å². The lowest BCUT2D eigenvalue weighted by Gasteiger charge is -2.10. The zero-order chi connectivity index (χ0) is 16.7. The molecule has 0 radical (unpaired) electrons. The van der Waals surface area contributed by atoms with E-state index in [9.17, 15) is 4.79 Å². The minimum Gasteiger partial charge on any atom is -0.495 e. The smallest absolute Gasteiger partial charge is 0.251 e. The Morgan fingerprint density at radius 3 is 2.74 bits per heavy atom. The van der Waals surface area contributed by atoms with Crippen molar-refractivity contribution in [2.24, 2.45) is 10.7 Å². The summed E-state index contributed by atoms with van der Waals surface area (Å²) in [5, 5.41) is 5.60. The minimum absolute atomic E-state index is 0.129. The van der Waals surface area contributed by atoms with Crippen molar-refractivity contribution in [1.82, 2.24) is 5.32 Å². The van der Waals surface area contributed by atoms with E-state index in [1.54, 1.807) is 26.3 Å². The van der Waals surface area contributed by atoms with Gasteiger partial charge in [-0.05, 0) is 29.8 Å². The van der Waals surface area contributed by atoms with Gasteiger partial charge in [0.2, 0.25) is 0 Å². The molecule has 120 valence electrons. The molecule has 0 aromatic heterocycles. The number of amides is 1. The van der Waals surface area contributed by atoms with E-state index in [-0.39, 0.29) is 11.9 Å². The van der Waals surface area contributed by atoms with Crippen LogP contribution in [0.3, 0.4) is 0 Å². The number of nitrogens with zero attached hydrogens (tertiary/aromatic N) is 1. The van der Waals surface area contributed by atoms with Crippen LogP contribution >= 0.6 is 0 Å². The first-order chi connectivity index (χ1) is 11.1. The molecule has 0 heterocycles. The summed E-state index contributed by atoms with van der Waals surface area (Å²) >= 11 is 0. The number of para-hydroxylation sites is 2. The van der Waals surface area contributed by atoms with Gasteiger partial charge >= 0.3 is 0 Å². The lowest BCUT2D eigenvalue weighted by atomic mass is 10.1. The molecule has 6 heteroatoms. The highest BCUT2D eigenvalue weighted by atomic mass is 16.5. The number of nitrogens with two attached hydrogens (primary N) is 1. The molecule has 0 aliphatic heterocycles. The second kappa shape index (κ2) is 7.84. The fourth-order valence-corrected chi connectivity index (χ4v) is 2.06. The van der Waals surface area contributed by atoms with Crippen molar-refractivity contribution in [3.8, 4) is 5.75 Å². The molecule has 0 atom stereocenters. The number of hydrogen-bond donors (Lipinski definition) is 3. The Morgan fingerprint density at radius 1 is 1.22 bits per heavy atom. The fourth-order valence-electron chi connectivity index (χ4n) is 2.06. The largest absolute Gasteiger partial charge is 0.495 e. The monoisotopic (exact) mass is 312 g/mol. The van der Waals surface area contributed by atoms with Gasteiger partial charge in [0, 0.05) is 12.6 Å². The van der Waals surface area contributed by atoms with Gasteiger partial charge in [0.1, 0.15) is 5.75 Å². The van der Waals surface area contributed by atoms with Crippen molar-refractivity contribution in [2.45, 2.75) is 6.54 Å². The van der Waals surface area contributed by atoms with Gasteiger partial charge in [0.05, 0.1) is 19.3 Å². The number of hydrogen-bond acceptors (Lipinski definition) is 3. The zero-order valence-electron chi connectivity index (χ0n) is 13.2. The van der Waals surface area contributed by atoms with E-state index < -0.39 is 0 Å². The Balaban J connectivity index is 2.06. The number of carbonyl (C=O) groups excluding carboxylic acids is 1. The molecule has 1 amide bonds. The molecule has 0 aliphatic rings. The van der Waals surface area contributed by atoms with E-state index in [0.717, 1.165) is 11.3 Å². The van der Waals surface area contributed by atoms with Gasteiger partial charge < -0.3 is 21.1 Å². The van der Waals surface area contributed by atoms with Crippen molar-refractivity contribution >= 4 is 17.6 Å². The van der Waals surface area contributed by atoms with Gasteiger partial charge in [-0.25, -0.2) is 4.99 Å². The Hall–Kier alpha value is -3.02. The summed E-state index contributed by atoms with van der Waals surface area (Å²) in [5.74, 6) is 0.836. The Morgan fingerprint density at radius 2 is 2.00 bits per heavy atom. The van der Waals surface area contributed by atoms with E-state index in [1.165, 1.54) is 0 Å². The van der Waals surface area contributed by atoms with Gasteiger partial charge in [0.15, 0.2) is 5.96 Å². The average molecular weight is 312 g/mol. The van der Waals surface area contributed by atoms with Gasteiger partial charge in [-0.3, -0.25) is 4.79 Å². The van der Waals surface area contributed by atoms with Crippen LogP contribution in [-0.4, -0.2) is 26.0 Å². The van der Waals surface area contributed by atoms with Crippen molar-refractivity contribution < 1.29 is 9.53 Å². The number of guanidine groups is 1. The van der Waals surface area contributed by atoms with Crippen LogP contribution in [0.2, 0.25) is 0 Å². The topological polar surface area (TPSA) is 88.7 Å². The molecule has 0 aliphatic carbocycles. The fraction of sp³-hybridized carbons (Fsp3) is 0.176. The number of carbonyl (C=O) groups is 1. The number of rotatable bonds is 5. The second-order valence-electron chi connectivity index (χ2n) is 4.81. The van der Waals surface area contributed by atoms with Crippen LogP contribution in [0.15, 0.2) is 53.5 Å². The third kappa shape index (κ3) is 4.47. The molecule has 2 rings (SSSR count). The molecule has 2 aromatic rings. The van der Waals surface area contributed by atoms with Crippen LogP contribution in [0.5, 0.6) is 5.75 Å². The number of ether oxygens (including phenoxy) is 1. The highest BCUT2D eigenvalue weighted by Crippen LogP contribution is 2.22. The van der Waals surface area contributed by atoms with Gasteiger partial charge in [-0.15, -0.1) is 0 Å². The summed E-state index contributed by atoms with van der Waals surface area (Å²) in [6.45, 7) is 0.374.